The van der Waals surface area contributed by atoms with Gasteiger partial charge >= 0.3 is 0 Å². The second-order valence-corrected chi connectivity index (χ2v) is 5.86. The first kappa shape index (κ1) is 13.6. The van der Waals surface area contributed by atoms with Crippen LogP contribution in [-0.2, 0) is 5.41 Å². The summed E-state index contributed by atoms with van der Waals surface area (Å²) < 4.78 is 6.01. The predicted octanol–water partition coefficient (Wildman–Crippen LogP) is 3.96. The van der Waals surface area contributed by atoms with Gasteiger partial charge in [0.05, 0.1) is 12.2 Å². The van der Waals surface area contributed by atoms with Gasteiger partial charge in [-0.05, 0) is 32.7 Å². The minimum absolute atomic E-state index is 0.214. The van der Waals surface area contributed by atoms with Gasteiger partial charge in [-0.2, -0.15) is 0 Å². The SMILES string of the molecule is CCCNC(C)c1ncc(C2(C)CCCCC2)o1. The molecule has 0 aromatic carbocycles. The molecule has 2 rings (SSSR count). The van der Waals surface area contributed by atoms with Gasteiger partial charge in [0.2, 0.25) is 5.89 Å². The van der Waals surface area contributed by atoms with E-state index in [2.05, 4.69) is 31.1 Å². The third-order valence-corrected chi connectivity index (χ3v) is 4.15. The summed E-state index contributed by atoms with van der Waals surface area (Å²) in [6, 6.07) is 0.214. The van der Waals surface area contributed by atoms with Gasteiger partial charge in [-0.15, -0.1) is 0 Å². The van der Waals surface area contributed by atoms with Crippen LogP contribution in [-0.4, -0.2) is 11.5 Å². The maximum Gasteiger partial charge on any atom is 0.211 e. The van der Waals surface area contributed by atoms with Crippen molar-refractivity contribution in [1.82, 2.24) is 10.3 Å². The molecule has 1 aromatic heterocycles. The molecule has 0 spiro atoms. The van der Waals surface area contributed by atoms with Gasteiger partial charge in [0.25, 0.3) is 0 Å². The Labute approximate surface area is 110 Å². The maximum atomic E-state index is 6.01. The summed E-state index contributed by atoms with van der Waals surface area (Å²) in [5.74, 6) is 1.92. The zero-order chi connectivity index (χ0) is 13.0. The van der Waals surface area contributed by atoms with Crippen LogP contribution in [0.5, 0.6) is 0 Å². The Kier molecular flexibility index (Phi) is 4.44. The highest BCUT2D eigenvalue weighted by Crippen LogP contribution is 2.39. The average Bonchev–Trinajstić information content (AvgIpc) is 2.87. The standard InChI is InChI=1S/C15H26N2O/c1-4-10-16-12(2)14-17-11-13(18-14)15(3)8-6-5-7-9-15/h11-12,16H,4-10H2,1-3H3. The second kappa shape index (κ2) is 5.87. The van der Waals surface area contributed by atoms with E-state index in [1.807, 2.05) is 6.20 Å². The number of oxazole rings is 1. The van der Waals surface area contributed by atoms with Crippen molar-refractivity contribution in [2.24, 2.45) is 0 Å². The highest BCUT2D eigenvalue weighted by molar-refractivity contribution is 5.11. The molecule has 1 aromatic rings. The summed E-state index contributed by atoms with van der Waals surface area (Å²) in [6.07, 6.45) is 9.55. The third-order valence-electron chi connectivity index (χ3n) is 4.15. The summed E-state index contributed by atoms with van der Waals surface area (Å²) in [4.78, 5) is 4.46. The highest BCUT2D eigenvalue weighted by atomic mass is 16.4. The maximum absolute atomic E-state index is 6.01. The molecular formula is C15H26N2O. The van der Waals surface area contributed by atoms with Crippen molar-refractivity contribution >= 4 is 0 Å². The van der Waals surface area contributed by atoms with E-state index in [1.54, 1.807) is 0 Å². The van der Waals surface area contributed by atoms with E-state index in [9.17, 15) is 0 Å². The fraction of sp³-hybridized carbons (Fsp3) is 0.800. The fourth-order valence-corrected chi connectivity index (χ4v) is 2.79. The van der Waals surface area contributed by atoms with Crippen molar-refractivity contribution in [3.63, 3.8) is 0 Å². The van der Waals surface area contributed by atoms with Crippen LogP contribution in [0.3, 0.4) is 0 Å². The van der Waals surface area contributed by atoms with Crippen LogP contribution in [0.15, 0.2) is 10.6 Å². The molecule has 1 saturated carbocycles. The molecule has 0 amide bonds. The summed E-state index contributed by atoms with van der Waals surface area (Å²) in [5, 5.41) is 3.42. The van der Waals surface area contributed by atoms with Crippen molar-refractivity contribution in [2.75, 3.05) is 6.54 Å². The zero-order valence-electron chi connectivity index (χ0n) is 12.0. The fourth-order valence-electron chi connectivity index (χ4n) is 2.79. The molecule has 3 nitrogen and oxygen atoms in total. The van der Waals surface area contributed by atoms with Gasteiger partial charge in [0, 0.05) is 5.41 Å². The van der Waals surface area contributed by atoms with Crippen LogP contribution in [0.25, 0.3) is 0 Å². The van der Waals surface area contributed by atoms with Crippen molar-refractivity contribution < 1.29 is 4.42 Å². The summed E-state index contributed by atoms with van der Waals surface area (Å²) in [6.45, 7) is 7.62. The Bertz CT molecular complexity index is 366. The molecule has 0 saturated heterocycles. The van der Waals surface area contributed by atoms with E-state index < -0.39 is 0 Å². The smallest absolute Gasteiger partial charge is 0.211 e. The second-order valence-electron chi connectivity index (χ2n) is 5.86. The van der Waals surface area contributed by atoms with Crippen LogP contribution in [0, 0.1) is 0 Å². The van der Waals surface area contributed by atoms with Crippen LogP contribution in [0.4, 0.5) is 0 Å². The van der Waals surface area contributed by atoms with E-state index in [0.717, 1.165) is 24.6 Å². The van der Waals surface area contributed by atoms with Crippen LogP contribution in [0.1, 0.15) is 77.0 Å². The Hall–Kier alpha value is -0.830. The number of hydrogen-bond acceptors (Lipinski definition) is 3. The van der Waals surface area contributed by atoms with Gasteiger partial charge in [0.1, 0.15) is 5.76 Å². The predicted molar refractivity (Wildman–Crippen MR) is 73.6 cm³/mol. The van der Waals surface area contributed by atoms with Crippen molar-refractivity contribution in [3.05, 3.63) is 17.8 Å². The van der Waals surface area contributed by atoms with Crippen molar-refractivity contribution in [2.45, 2.75) is 70.8 Å². The molecule has 1 unspecified atom stereocenters. The lowest BCUT2D eigenvalue weighted by Crippen LogP contribution is -2.24. The molecule has 18 heavy (non-hydrogen) atoms. The van der Waals surface area contributed by atoms with Gasteiger partial charge in [-0.3, -0.25) is 0 Å². The Morgan fingerprint density at radius 3 is 2.78 bits per heavy atom. The molecule has 1 fully saturated rings. The highest BCUT2D eigenvalue weighted by Gasteiger charge is 2.32. The molecule has 0 bridgehead atoms. The summed E-state index contributed by atoms with van der Waals surface area (Å²) in [7, 11) is 0. The molecule has 3 heteroatoms. The number of nitrogens with zero attached hydrogens (tertiary/aromatic N) is 1. The molecule has 1 aliphatic rings. The van der Waals surface area contributed by atoms with Gasteiger partial charge in [-0.25, -0.2) is 4.98 Å². The van der Waals surface area contributed by atoms with E-state index in [0.29, 0.717) is 0 Å². The third kappa shape index (κ3) is 2.94. The van der Waals surface area contributed by atoms with Gasteiger partial charge in [-0.1, -0.05) is 33.1 Å². The molecule has 0 aliphatic heterocycles. The van der Waals surface area contributed by atoms with Crippen LogP contribution in [0.2, 0.25) is 0 Å². The van der Waals surface area contributed by atoms with Crippen molar-refractivity contribution in [3.8, 4) is 0 Å². The molecule has 0 radical (unpaired) electrons. The summed E-state index contributed by atoms with van der Waals surface area (Å²) in [5.41, 5.74) is 0.216. The largest absolute Gasteiger partial charge is 0.443 e. The van der Waals surface area contributed by atoms with E-state index in [-0.39, 0.29) is 11.5 Å². The lowest BCUT2D eigenvalue weighted by atomic mass is 9.74. The number of rotatable bonds is 5. The van der Waals surface area contributed by atoms with Crippen LogP contribution < -0.4 is 5.32 Å². The lowest BCUT2D eigenvalue weighted by molar-refractivity contribution is 0.255. The quantitative estimate of drug-likeness (QED) is 0.859. The van der Waals surface area contributed by atoms with E-state index >= 15 is 0 Å². The molecule has 1 N–H and O–H groups in total. The van der Waals surface area contributed by atoms with Crippen LogP contribution >= 0.6 is 0 Å². The molecular weight excluding hydrogens is 224 g/mol. The zero-order valence-corrected chi connectivity index (χ0v) is 12.0. The first-order valence-electron chi connectivity index (χ1n) is 7.35. The Morgan fingerprint density at radius 1 is 1.39 bits per heavy atom. The minimum atomic E-state index is 0.214. The van der Waals surface area contributed by atoms with Crippen molar-refractivity contribution in [1.29, 1.82) is 0 Å². The Balaban J connectivity index is 2.04. The topological polar surface area (TPSA) is 38.1 Å². The average molecular weight is 250 g/mol. The first-order chi connectivity index (χ1) is 8.65. The molecule has 102 valence electrons. The first-order valence-corrected chi connectivity index (χ1v) is 7.35. The monoisotopic (exact) mass is 250 g/mol. The minimum Gasteiger partial charge on any atom is -0.443 e. The number of hydrogen-bond donors (Lipinski definition) is 1. The van der Waals surface area contributed by atoms with Gasteiger partial charge < -0.3 is 9.73 Å². The normalized spacial score (nSPS) is 20.8. The number of aromatic nitrogens is 1. The van der Waals surface area contributed by atoms with E-state index in [4.69, 9.17) is 4.42 Å². The molecule has 1 atom stereocenters. The molecule has 1 heterocycles. The number of nitrogens with one attached hydrogen (secondary N) is 1. The van der Waals surface area contributed by atoms with Gasteiger partial charge in [0.15, 0.2) is 0 Å². The Morgan fingerprint density at radius 2 is 2.11 bits per heavy atom. The molecule has 1 aliphatic carbocycles. The summed E-state index contributed by atoms with van der Waals surface area (Å²) >= 11 is 0. The van der Waals surface area contributed by atoms with E-state index in [1.165, 1.54) is 32.1 Å². The lowest BCUT2D eigenvalue weighted by Gasteiger charge is -2.31.